The van der Waals surface area contributed by atoms with E-state index in [9.17, 15) is 13.8 Å². The molecule has 0 spiro atoms. The average Bonchev–Trinajstić information content (AvgIpc) is 3.31. The number of aromatic nitrogens is 4. The number of hydrogen-bond donors (Lipinski definition) is 1. The van der Waals surface area contributed by atoms with Gasteiger partial charge in [0.25, 0.3) is 5.91 Å². The second-order valence-electron chi connectivity index (χ2n) is 6.43. The molecule has 4 rings (SSSR count). The molecule has 0 bridgehead atoms. The normalized spacial score (nSPS) is 24.2. The van der Waals surface area contributed by atoms with Crippen LogP contribution in [-0.2, 0) is 13.8 Å². The Morgan fingerprint density at radius 3 is 2.83 bits per heavy atom. The van der Waals surface area contributed by atoms with Gasteiger partial charge in [0.2, 0.25) is 0 Å². The van der Waals surface area contributed by atoms with Gasteiger partial charge in [0, 0.05) is 5.56 Å². The first-order chi connectivity index (χ1) is 14.1. The fraction of sp³-hybridized carbons (Fsp3) is 0.333. The van der Waals surface area contributed by atoms with E-state index in [0.29, 0.717) is 23.1 Å². The maximum absolute atomic E-state index is 14.9. The number of nitrogens with zero attached hydrogens (tertiary/aromatic N) is 4. The summed E-state index contributed by atoms with van der Waals surface area (Å²) in [6.45, 7) is 1.82. The number of alkyl halides is 1. The Balaban J connectivity index is 1.64. The Kier molecular flexibility index (Phi) is 5.57. The summed E-state index contributed by atoms with van der Waals surface area (Å²) in [5.41, 5.74) is 1.06. The number of carbonyl (C=O) groups is 1. The molecule has 3 aromatic rings. The maximum atomic E-state index is 14.9. The topological polar surface area (TPSA) is 108 Å². The Bertz CT molecular complexity index is 1030. The highest BCUT2D eigenvalue weighted by atomic mass is 31.1. The van der Waals surface area contributed by atoms with Gasteiger partial charge in [-0.25, -0.2) is 23.9 Å². The van der Waals surface area contributed by atoms with Crippen molar-refractivity contribution in [2.24, 2.45) is 0 Å². The largest absolute Gasteiger partial charge is 0.349 e. The molecule has 1 aliphatic heterocycles. The Labute approximate surface area is 166 Å². The number of halogens is 1. The molecule has 4 atom stereocenters. The van der Waals surface area contributed by atoms with Crippen molar-refractivity contribution in [2.75, 3.05) is 5.32 Å². The molecule has 1 aromatic carbocycles. The lowest BCUT2D eigenvalue weighted by Crippen LogP contribution is -2.28. The van der Waals surface area contributed by atoms with Gasteiger partial charge in [-0.1, -0.05) is 25.1 Å². The van der Waals surface area contributed by atoms with Crippen LogP contribution in [0.15, 0.2) is 43.0 Å². The van der Waals surface area contributed by atoms with E-state index in [1.165, 1.54) is 17.2 Å². The summed E-state index contributed by atoms with van der Waals surface area (Å²) in [6, 6.07) is 8.66. The van der Waals surface area contributed by atoms with Crippen LogP contribution in [-0.4, -0.2) is 43.8 Å². The number of imidazole rings is 1. The lowest BCUT2D eigenvalue weighted by atomic mass is 10.1. The van der Waals surface area contributed by atoms with E-state index in [4.69, 9.17) is 9.26 Å². The van der Waals surface area contributed by atoms with Crippen molar-refractivity contribution >= 4 is 31.6 Å². The fourth-order valence-corrected chi connectivity index (χ4v) is 3.67. The van der Waals surface area contributed by atoms with E-state index < -0.39 is 33.3 Å². The van der Waals surface area contributed by atoms with Crippen molar-refractivity contribution in [1.29, 1.82) is 0 Å². The van der Waals surface area contributed by atoms with E-state index in [2.05, 4.69) is 20.3 Å². The zero-order valence-electron chi connectivity index (χ0n) is 15.3. The van der Waals surface area contributed by atoms with Crippen molar-refractivity contribution in [3.8, 4) is 0 Å². The van der Waals surface area contributed by atoms with E-state index >= 15 is 0 Å². The minimum atomic E-state index is -1.57. The Morgan fingerprint density at radius 2 is 2.10 bits per heavy atom. The summed E-state index contributed by atoms with van der Waals surface area (Å²) >= 11 is 0. The Hall–Kier alpha value is -2.81. The summed E-state index contributed by atoms with van der Waals surface area (Å²) < 4.78 is 37.9. The van der Waals surface area contributed by atoms with Crippen LogP contribution < -0.4 is 5.32 Å². The standard InChI is InChI=1S/C18H17FN5O4P/c1-2-11-14(28-29-26)12(19)18(27-11)24-9-22-13-15(20-8-21-16(13)24)23-17(25)10-6-4-3-5-7-10/h3-9,11-12,14,18H,2H2,1H3,(H,20,21,23,25)/t11-,12+,14-,18-/m1/s1. The molecule has 1 fully saturated rings. The van der Waals surface area contributed by atoms with Gasteiger partial charge in [0.15, 0.2) is 29.4 Å². The highest BCUT2D eigenvalue weighted by Crippen LogP contribution is 2.38. The summed E-state index contributed by atoms with van der Waals surface area (Å²) in [4.78, 5) is 24.9. The van der Waals surface area contributed by atoms with Crippen molar-refractivity contribution in [3.63, 3.8) is 0 Å². The van der Waals surface area contributed by atoms with E-state index in [1.54, 1.807) is 24.3 Å². The number of fused-ring (bicyclic) bond motifs is 1. The molecule has 3 heterocycles. The highest BCUT2D eigenvalue weighted by molar-refractivity contribution is 7.17. The zero-order chi connectivity index (χ0) is 20.4. The molecular formula is C18H17FN5O4P. The highest BCUT2D eigenvalue weighted by Gasteiger charge is 2.47. The molecule has 1 saturated heterocycles. The first kappa shape index (κ1) is 19.5. The SMILES string of the molecule is CC[C@H]1O[C@@H](n2cnc3c(NC(=O)c4ccccc4)ncnc32)[C@@H](F)[C@@H]1OP=O. The first-order valence-electron chi connectivity index (χ1n) is 8.96. The van der Waals surface area contributed by atoms with Gasteiger partial charge >= 0.3 is 8.69 Å². The molecule has 1 amide bonds. The van der Waals surface area contributed by atoms with E-state index in [1.807, 2.05) is 13.0 Å². The number of nitrogens with one attached hydrogen (secondary N) is 1. The van der Waals surface area contributed by atoms with E-state index in [-0.39, 0.29) is 11.7 Å². The number of hydrogen-bond acceptors (Lipinski definition) is 7. The average molecular weight is 417 g/mol. The van der Waals surface area contributed by atoms with Gasteiger partial charge in [0.1, 0.15) is 12.4 Å². The minimum absolute atomic E-state index is 0.203. The third kappa shape index (κ3) is 3.62. The summed E-state index contributed by atoms with van der Waals surface area (Å²) in [6.07, 6.45) is -1.05. The summed E-state index contributed by atoms with van der Waals surface area (Å²) in [7, 11) is -0.610. The summed E-state index contributed by atoms with van der Waals surface area (Å²) in [5.74, 6) is -0.150. The van der Waals surface area contributed by atoms with Crippen molar-refractivity contribution in [2.45, 2.75) is 38.0 Å². The lowest BCUT2D eigenvalue weighted by Gasteiger charge is -2.15. The number of ether oxygens (including phenoxy) is 1. The molecule has 1 aliphatic rings. The third-order valence-electron chi connectivity index (χ3n) is 4.73. The van der Waals surface area contributed by atoms with Crippen LogP contribution in [0.25, 0.3) is 11.2 Å². The monoisotopic (exact) mass is 417 g/mol. The number of benzene rings is 1. The number of carbonyl (C=O) groups excluding carboxylic acids is 1. The molecule has 11 heteroatoms. The fourth-order valence-electron chi connectivity index (χ4n) is 3.32. The summed E-state index contributed by atoms with van der Waals surface area (Å²) in [5, 5.41) is 2.70. The number of amides is 1. The molecule has 0 unspecified atom stereocenters. The van der Waals surface area contributed by atoms with Crippen LogP contribution in [0.4, 0.5) is 10.2 Å². The van der Waals surface area contributed by atoms with E-state index in [0.717, 1.165) is 0 Å². The number of anilines is 1. The Morgan fingerprint density at radius 1 is 1.31 bits per heavy atom. The number of rotatable bonds is 6. The van der Waals surface area contributed by atoms with Crippen LogP contribution in [0.3, 0.4) is 0 Å². The molecule has 2 aromatic heterocycles. The first-order valence-corrected chi connectivity index (χ1v) is 9.69. The van der Waals surface area contributed by atoms with Gasteiger partial charge in [-0.2, -0.15) is 0 Å². The molecule has 0 aliphatic carbocycles. The van der Waals surface area contributed by atoms with Crippen LogP contribution in [0.5, 0.6) is 0 Å². The van der Waals surface area contributed by atoms with Gasteiger partial charge in [-0.05, 0) is 18.6 Å². The second kappa shape index (κ2) is 8.28. The van der Waals surface area contributed by atoms with Crippen LogP contribution in [0.2, 0.25) is 0 Å². The molecule has 9 nitrogen and oxygen atoms in total. The van der Waals surface area contributed by atoms with Gasteiger partial charge in [-0.3, -0.25) is 13.9 Å². The lowest BCUT2D eigenvalue weighted by molar-refractivity contribution is -0.0215. The van der Waals surface area contributed by atoms with Crippen molar-refractivity contribution in [3.05, 3.63) is 48.5 Å². The van der Waals surface area contributed by atoms with Crippen LogP contribution in [0.1, 0.15) is 29.9 Å². The predicted octanol–water partition coefficient (Wildman–Crippen LogP) is 3.32. The van der Waals surface area contributed by atoms with Crippen LogP contribution in [0, 0.1) is 0 Å². The maximum Gasteiger partial charge on any atom is 0.327 e. The predicted molar refractivity (Wildman–Crippen MR) is 101 cm³/mol. The van der Waals surface area contributed by atoms with Crippen molar-refractivity contribution in [1.82, 2.24) is 19.5 Å². The van der Waals surface area contributed by atoms with Gasteiger partial charge in [-0.15, -0.1) is 0 Å². The molecule has 1 N–H and O–H groups in total. The van der Waals surface area contributed by atoms with Crippen LogP contribution >= 0.6 is 8.69 Å². The van der Waals surface area contributed by atoms with Gasteiger partial charge in [0.05, 0.1) is 12.4 Å². The quantitative estimate of drug-likeness (QED) is 0.613. The second-order valence-corrected chi connectivity index (χ2v) is 6.79. The zero-order valence-corrected chi connectivity index (χ0v) is 16.2. The smallest absolute Gasteiger partial charge is 0.327 e. The molecule has 150 valence electrons. The molecule has 29 heavy (non-hydrogen) atoms. The minimum Gasteiger partial charge on any atom is -0.349 e. The van der Waals surface area contributed by atoms with Crippen molar-refractivity contribution < 1.29 is 23.0 Å². The third-order valence-corrected chi connectivity index (χ3v) is 5.06. The molecule has 0 saturated carbocycles. The molecular weight excluding hydrogens is 400 g/mol. The van der Waals surface area contributed by atoms with Gasteiger partial charge < -0.3 is 10.1 Å². The molecule has 0 radical (unpaired) electrons.